The fourth-order valence-electron chi connectivity index (χ4n) is 3.86. The summed E-state index contributed by atoms with van der Waals surface area (Å²) < 4.78 is 18.6. The number of benzene rings is 1. The van der Waals surface area contributed by atoms with Gasteiger partial charge in [0.25, 0.3) is 0 Å². The third-order valence-corrected chi connectivity index (χ3v) is 5.18. The van der Waals surface area contributed by atoms with Gasteiger partial charge in [0, 0.05) is 50.0 Å². The zero-order valence-electron chi connectivity index (χ0n) is 14.2. The average molecular weight is 337 g/mol. The number of hydrogen-bond donors (Lipinski definition) is 0. The highest BCUT2D eigenvalue weighted by molar-refractivity contribution is 5.64. The number of nitro benzene ring substituents is 1. The number of methoxy groups -OCH3 is 1. The summed E-state index contributed by atoms with van der Waals surface area (Å²) in [6, 6.07) is 3.79. The maximum absolute atomic E-state index is 13.4. The smallest absolute Gasteiger partial charge is 0.311 e. The number of nitro groups is 1. The van der Waals surface area contributed by atoms with Gasteiger partial charge in [-0.2, -0.15) is 0 Å². The molecule has 1 aromatic rings. The minimum atomic E-state index is -0.677. The number of alkyl halides is 1. The van der Waals surface area contributed by atoms with Gasteiger partial charge in [-0.3, -0.25) is 15.0 Å². The molecule has 0 radical (unpaired) electrons. The van der Waals surface area contributed by atoms with Crippen molar-refractivity contribution in [2.75, 3.05) is 38.2 Å². The zero-order chi connectivity index (χ0) is 17.3. The molecule has 0 aromatic heterocycles. The van der Waals surface area contributed by atoms with Gasteiger partial charge in [-0.25, -0.2) is 4.39 Å². The van der Waals surface area contributed by atoms with E-state index in [0.717, 1.165) is 43.7 Å². The van der Waals surface area contributed by atoms with Crippen LogP contribution in [0, 0.1) is 17.0 Å². The quantitative estimate of drug-likeness (QED) is 0.624. The van der Waals surface area contributed by atoms with Crippen molar-refractivity contribution < 1.29 is 14.1 Å². The van der Waals surface area contributed by atoms with Crippen molar-refractivity contribution in [3.05, 3.63) is 27.8 Å². The molecule has 24 heavy (non-hydrogen) atoms. The first-order chi connectivity index (χ1) is 11.5. The Morgan fingerprint density at radius 3 is 2.50 bits per heavy atom. The lowest BCUT2D eigenvalue weighted by molar-refractivity contribution is -0.385. The van der Waals surface area contributed by atoms with Crippen molar-refractivity contribution in [3.63, 3.8) is 0 Å². The first kappa shape index (κ1) is 17.0. The van der Waals surface area contributed by atoms with E-state index in [1.54, 1.807) is 12.1 Å². The van der Waals surface area contributed by atoms with Crippen LogP contribution in [0.1, 0.15) is 24.8 Å². The van der Waals surface area contributed by atoms with E-state index < -0.39 is 11.1 Å². The Morgan fingerprint density at radius 2 is 1.96 bits per heavy atom. The Hall–Kier alpha value is -1.89. The second kappa shape index (κ2) is 6.93. The van der Waals surface area contributed by atoms with Crippen molar-refractivity contribution in [3.8, 4) is 5.75 Å². The summed E-state index contributed by atoms with van der Waals surface area (Å²) in [5, 5.41) is 11.1. The molecule has 2 fully saturated rings. The third kappa shape index (κ3) is 3.31. The molecule has 0 bridgehead atoms. The van der Waals surface area contributed by atoms with Gasteiger partial charge in [-0.1, -0.05) is 0 Å². The molecule has 7 heteroatoms. The fraction of sp³-hybridized carbons (Fsp3) is 0.647. The number of nitrogens with zero attached hydrogens (tertiary/aromatic N) is 3. The summed E-state index contributed by atoms with van der Waals surface area (Å²) in [6.45, 7) is 5.06. The topological polar surface area (TPSA) is 58.8 Å². The molecule has 132 valence electrons. The fourth-order valence-corrected chi connectivity index (χ4v) is 3.86. The van der Waals surface area contributed by atoms with Crippen LogP contribution in [0.15, 0.2) is 12.1 Å². The molecule has 0 aliphatic carbocycles. The molecule has 2 heterocycles. The molecule has 0 saturated carbocycles. The Morgan fingerprint density at radius 1 is 1.25 bits per heavy atom. The second-order valence-electron chi connectivity index (χ2n) is 6.67. The number of halogens is 1. The van der Waals surface area contributed by atoms with E-state index >= 15 is 0 Å². The monoisotopic (exact) mass is 337 g/mol. The molecule has 3 rings (SSSR count). The molecule has 2 aliphatic heterocycles. The standard InChI is InChI=1S/C17H24FN3O3/c1-12-9-16(21(22)23)17(24-2)10-15(12)19-7-4-14(5-8-19)20-6-3-13(18)11-20/h9-10,13-14H,3-8,11H2,1-2H3/t13-/m1/s1. The lowest BCUT2D eigenvalue weighted by Crippen LogP contribution is -2.44. The van der Waals surface area contributed by atoms with Gasteiger partial charge in [0.2, 0.25) is 0 Å². The highest BCUT2D eigenvalue weighted by Gasteiger charge is 2.31. The molecule has 2 saturated heterocycles. The van der Waals surface area contributed by atoms with Gasteiger partial charge < -0.3 is 9.64 Å². The van der Waals surface area contributed by atoms with Crippen molar-refractivity contribution in [2.45, 2.75) is 38.4 Å². The normalized spacial score (nSPS) is 22.8. The molecule has 0 amide bonds. The Kier molecular flexibility index (Phi) is 4.89. The van der Waals surface area contributed by atoms with Crippen molar-refractivity contribution in [2.24, 2.45) is 0 Å². The van der Waals surface area contributed by atoms with E-state index in [0.29, 0.717) is 24.8 Å². The van der Waals surface area contributed by atoms with Gasteiger partial charge in [0.1, 0.15) is 6.17 Å². The summed E-state index contributed by atoms with van der Waals surface area (Å²) in [7, 11) is 1.45. The molecule has 6 nitrogen and oxygen atoms in total. The summed E-state index contributed by atoms with van der Waals surface area (Å²) >= 11 is 0. The number of anilines is 1. The summed E-state index contributed by atoms with van der Waals surface area (Å²) in [4.78, 5) is 15.2. The number of rotatable bonds is 4. The molecular formula is C17H24FN3O3. The van der Waals surface area contributed by atoms with E-state index in [9.17, 15) is 14.5 Å². The van der Waals surface area contributed by atoms with Crippen molar-refractivity contribution in [1.29, 1.82) is 0 Å². The van der Waals surface area contributed by atoms with E-state index in [1.165, 1.54) is 7.11 Å². The number of piperidine rings is 1. The number of aryl methyl sites for hydroxylation is 1. The van der Waals surface area contributed by atoms with E-state index in [4.69, 9.17) is 4.74 Å². The summed E-state index contributed by atoms with van der Waals surface area (Å²) in [5.74, 6) is 0.294. The van der Waals surface area contributed by atoms with Gasteiger partial charge >= 0.3 is 5.69 Å². The largest absolute Gasteiger partial charge is 0.490 e. The van der Waals surface area contributed by atoms with E-state index in [1.807, 2.05) is 6.92 Å². The average Bonchev–Trinajstić information content (AvgIpc) is 3.01. The molecular weight excluding hydrogens is 313 g/mol. The molecule has 2 aliphatic rings. The van der Waals surface area contributed by atoms with Gasteiger partial charge in [0.05, 0.1) is 12.0 Å². The Balaban J connectivity index is 1.71. The minimum absolute atomic E-state index is 0.000287. The second-order valence-corrected chi connectivity index (χ2v) is 6.67. The maximum atomic E-state index is 13.4. The predicted octanol–water partition coefficient (Wildman–Crippen LogP) is 2.92. The van der Waals surface area contributed by atoms with Gasteiger partial charge in [0.15, 0.2) is 5.75 Å². The first-order valence-electron chi connectivity index (χ1n) is 8.45. The van der Waals surface area contributed by atoms with E-state index in [-0.39, 0.29) is 5.69 Å². The van der Waals surface area contributed by atoms with Crippen LogP contribution in [-0.4, -0.2) is 55.3 Å². The number of hydrogen-bond acceptors (Lipinski definition) is 5. The molecule has 0 spiro atoms. The predicted molar refractivity (Wildman–Crippen MR) is 90.7 cm³/mol. The Bertz CT molecular complexity index is 617. The van der Waals surface area contributed by atoms with Crippen LogP contribution in [0.2, 0.25) is 0 Å². The van der Waals surface area contributed by atoms with Crippen LogP contribution in [0.3, 0.4) is 0 Å². The molecule has 1 atom stereocenters. The van der Waals surface area contributed by atoms with Crippen LogP contribution >= 0.6 is 0 Å². The van der Waals surface area contributed by atoms with Gasteiger partial charge in [-0.15, -0.1) is 0 Å². The van der Waals surface area contributed by atoms with Crippen molar-refractivity contribution in [1.82, 2.24) is 4.90 Å². The van der Waals surface area contributed by atoms with E-state index in [2.05, 4.69) is 9.80 Å². The third-order valence-electron chi connectivity index (χ3n) is 5.18. The lowest BCUT2D eigenvalue weighted by atomic mass is 10.0. The lowest BCUT2D eigenvalue weighted by Gasteiger charge is -2.38. The van der Waals surface area contributed by atoms with Gasteiger partial charge in [-0.05, 0) is 31.7 Å². The Labute approximate surface area is 141 Å². The SMILES string of the molecule is COc1cc(N2CCC(N3CC[C@@H](F)C3)CC2)c(C)cc1[N+](=O)[O-]. The number of ether oxygens (including phenoxy) is 1. The molecule has 1 aromatic carbocycles. The van der Waals surface area contributed by atoms with Crippen molar-refractivity contribution >= 4 is 11.4 Å². The van der Waals surface area contributed by atoms with Crippen LogP contribution in [0.5, 0.6) is 5.75 Å². The number of likely N-dealkylation sites (tertiary alicyclic amines) is 1. The highest BCUT2D eigenvalue weighted by Crippen LogP contribution is 2.36. The zero-order valence-corrected chi connectivity index (χ0v) is 14.2. The summed E-state index contributed by atoms with van der Waals surface area (Å²) in [5.41, 5.74) is 1.87. The van der Waals surface area contributed by atoms with Crippen LogP contribution in [0.4, 0.5) is 15.8 Å². The molecule has 0 N–H and O–H groups in total. The highest BCUT2D eigenvalue weighted by atomic mass is 19.1. The first-order valence-corrected chi connectivity index (χ1v) is 8.45. The summed E-state index contributed by atoms with van der Waals surface area (Å²) in [6.07, 6.45) is 1.96. The van der Waals surface area contributed by atoms with Crippen LogP contribution in [-0.2, 0) is 0 Å². The van der Waals surface area contributed by atoms with Crippen LogP contribution < -0.4 is 9.64 Å². The maximum Gasteiger partial charge on any atom is 0.311 e. The molecule has 0 unspecified atom stereocenters. The minimum Gasteiger partial charge on any atom is -0.490 e. The van der Waals surface area contributed by atoms with Crippen LogP contribution in [0.25, 0.3) is 0 Å².